The van der Waals surface area contributed by atoms with Crippen molar-refractivity contribution in [2.24, 2.45) is 4.99 Å². The third-order valence-corrected chi connectivity index (χ3v) is 5.94. The molecule has 0 bridgehead atoms. The second-order valence-electron chi connectivity index (χ2n) is 5.29. The Morgan fingerprint density at radius 2 is 1.87 bits per heavy atom. The van der Waals surface area contributed by atoms with Crippen molar-refractivity contribution >= 4 is 45.2 Å². The number of hydrogen-bond donors (Lipinski definition) is 0. The molecule has 3 nitrogen and oxygen atoms in total. The predicted molar refractivity (Wildman–Crippen MR) is 102 cm³/mol. The van der Waals surface area contributed by atoms with E-state index in [1.807, 2.05) is 62.5 Å². The van der Waals surface area contributed by atoms with Crippen molar-refractivity contribution in [3.05, 3.63) is 60.2 Å². The fourth-order valence-electron chi connectivity index (χ4n) is 2.33. The number of aliphatic imine (C=N–C) groups is 1. The van der Waals surface area contributed by atoms with Crippen molar-refractivity contribution in [2.45, 2.75) is 17.9 Å². The van der Waals surface area contributed by atoms with Gasteiger partial charge in [-0.25, -0.2) is 4.99 Å². The van der Waals surface area contributed by atoms with Gasteiger partial charge in [-0.05, 0) is 30.7 Å². The third-order valence-electron chi connectivity index (χ3n) is 3.65. The third kappa shape index (κ3) is 3.79. The van der Waals surface area contributed by atoms with Crippen LogP contribution in [0.15, 0.2) is 59.6 Å². The standard InChI is InChI=1S/C18H18N2OS2/c1-13(17(21)20(2)15-9-4-3-5-10-15)23-18-19-16-11-7-6-8-14(16)12-22-18/h3-11,13H,12H2,1-2H3/t13-/m1/s1. The van der Waals surface area contributed by atoms with E-state index < -0.39 is 0 Å². The number of carbonyl (C=O) groups is 1. The average molecular weight is 342 g/mol. The van der Waals surface area contributed by atoms with Gasteiger partial charge < -0.3 is 4.90 Å². The first kappa shape index (κ1) is 16.1. The van der Waals surface area contributed by atoms with E-state index in [9.17, 15) is 4.79 Å². The average Bonchev–Trinajstić information content (AvgIpc) is 2.61. The lowest BCUT2D eigenvalue weighted by Crippen LogP contribution is -2.33. The summed E-state index contributed by atoms with van der Waals surface area (Å²) in [6, 6.07) is 17.9. The van der Waals surface area contributed by atoms with Gasteiger partial charge in [-0.2, -0.15) is 0 Å². The molecule has 1 amide bonds. The molecule has 0 fully saturated rings. The molecule has 3 rings (SSSR count). The van der Waals surface area contributed by atoms with Crippen molar-refractivity contribution < 1.29 is 4.79 Å². The van der Waals surface area contributed by atoms with Gasteiger partial charge >= 0.3 is 0 Å². The summed E-state index contributed by atoms with van der Waals surface area (Å²) in [4.78, 5) is 19.0. The summed E-state index contributed by atoms with van der Waals surface area (Å²) >= 11 is 3.24. The van der Waals surface area contributed by atoms with Crippen LogP contribution in [0.4, 0.5) is 11.4 Å². The number of rotatable bonds is 3. The zero-order valence-electron chi connectivity index (χ0n) is 13.1. The molecular formula is C18H18N2OS2. The highest BCUT2D eigenvalue weighted by molar-refractivity contribution is 8.39. The van der Waals surface area contributed by atoms with E-state index in [4.69, 9.17) is 0 Å². The van der Waals surface area contributed by atoms with Crippen LogP contribution in [0.25, 0.3) is 0 Å². The van der Waals surface area contributed by atoms with Crippen molar-refractivity contribution in [3.8, 4) is 0 Å². The zero-order valence-corrected chi connectivity index (χ0v) is 14.7. The molecule has 0 spiro atoms. The molecule has 1 atom stereocenters. The number of hydrogen-bond acceptors (Lipinski definition) is 4. The van der Waals surface area contributed by atoms with Gasteiger partial charge in [0.1, 0.15) is 4.38 Å². The summed E-state index contributed by atoms with van der Waals surface area (Å²) in [5.74, 6) is 1.00. The lowest BCUT2D eigenvalue weighted by molar-refractivity contribution is -0.117. The second-order valence-corrected chi connectivity index (χ2v) is 7.84. The van der Waals surface area contributed by atoms with Gasteiger partial charge in [-0.1, -0.05) is 59.9 Å². The monoisotopic (exact) mass is 342 g/mol. The highest BCUT2D eigenvalue weighted by Gasteiger charge is 2.23. The minimum atomic E-state index is -0.170. The van der Waals surface area contributed by atoms with E-state index in [1.54, 1.807) is 16.7 Å². The lowest BCUT2D eigenvalue weighted by atomic mass is 10.2. The van der Waals surface area contributed by atoms with Crippen LogP contribution in [0.2, 0.25) is 0 Å². The molecule has 2 aromatic carbocycles. The summed E-state index contributed by atoms with van der Waals surface area (Å²) in [7, 11) is 1.82. The van der Waals surface area contributed by atoms with E-state index in [-0.39, 0.29) is 11.2 Å². The van der Waals surface area contributed by atoms with Crippen LogP contribution in [0.3, 0.4) is 0 Å². The largest absolute Gasteiger partial charge is 0.315 e. The first-order valence-corrected chi connectivity index (χ1v) is 9.30. The van der Waals surface area contributed by atoms with Gasteiger partial charge in [0.15, 0.2) is 0 Å². The maximum atomic E-state index is 12.6. The first-order valence-electron chi connectivity index (χ1n) is 7.44. The summed E-state index contributed by atoms with van der Waals surface area (Å²) in [5.41, 5.74) is 3.18. The Hall–Kier alpha value is -1.72. The highest BCUT2D eigenvalue weighted by Crippen LogP contribution is 2.36. The van der Waals surface area contributed by atoms with E-state index in [1.165, 1.54) is 17.3 Å². The number of nitrogens with zero attached hydrogens (tertiary/aromatic N) is 2. The maximum Gasteiger partial charge on any atom is 0.239 e. The number of para-hydroxylation sites is 2. The summed E-state index contributed by atoms with van der Waals surface area (Å²) in [6.07, 6.45) is 0. The molecular weight excluding hydrogens is 324 g/mol. The summed E-state index contributed by atoms with van der Waals surface area (Å²) in [6.45, 7) is 1.94. The minimum Gasteiger partial charge on any atom is -0.315 e. The molecule has 0 saturated carbocycles. The number of amides is 1. The summed E-state index contributed by atoms with van der Waals surface area (Å²) < 4.78 is 0.964. The van der Waals surface area contributed by atoms with Crippen LogP contribution in [0.1, 0.15) is 12.5 Å². The smallest absolute Gasteiger partial charge is 0.239 e. The van der Waals surface area contributed by atoms with Crippen LogP contribution in [-0.2, 0) is 10.5 Å². The van der Waals surface area contributed by atoms with Gasteiger partial charge in [0.05, 0.1) is 10.9 Å². The SMILES string of the molecule is C[C@@H](SC1=Nc2ccccc2CS1)C(=O)N(C)c1ccccc1. The Balaban J connectivity index is 1.69. The second kappa shape index (κ2) is 7.23. The van der Waals surface area contributed by atoms with E-state index in [2.05, 4.69) is 11.1 Å². The normalized spacial score (nSPS) is 14.6. The fraction of sp³-hybridized carbons (Fsp3) is 0.222. The first-order chi connectivity index (χ1) is 11.1. The van der Waals surface area contributed by atoms with Crippen molar-refractivity contribution in [2.75, 3.05) is 11.9 Å². The van der Waals surface area contributed by atoms with Gasteiger partial charge in [0.25, 0.3) is 0 Å². The van der Waals surface area contributed by atoms with Crippen LogP contribution in [-0.4, -0.2) is 22.6 Å². The van der Waals surface area contributed by atoms with Crippen LogP contribution >= 0.6 is 23.5 Å². The molecule has 1 aliphatic heterocycles. The molecule has 0 N–H and O–H groups in total. The van der Waals surface area contributed by atoms with Crippen LogP contribution in [0.5, 0.6) is 0 Å². The van der Waals surface area contributed by atoms with Crippen molar-refractivity contribution in [1.29, 1.82) is 0 Å². The van der Waals surface area contributed by atoms with Crippen molar-refractivity contribution in [1.82, 2.24) is 0 Å². The van der Waals surface area contributed by atoms with E-state index in [0.29, 0.717) is 0 Å². The molecule has 0 radical (unpaired) electrons. The molecule has 0 aromatic heterocycles. The molecule has 2 aromatic rings. The maximum absolute atomic E-state index is 12.6. The lowest BCUT2D eigenvalue weighted by Gasteiger charge is -2.22. The number of benzene rings is 2. The van der Waals surface area contributed by atoms with Crippen LogP contribution in [0, 0.1) is 0 Å². The molecule has 0 aliphatic carbocycles. The molecule has 0 unspecified atom stereocenters. The number of anilines is 1. The number of thioether (sulfide) groups is 2. The van der Waals surface area contributed by atoms with Gasteiger partial charge in [0, 0.05) is 18.5 Å². The Labute approximate surface area is 145 Å². The van der Waals surface area contributed by atoms with Gasteiger partial charge in [-0.3, -0.25) is 4.79 Å². The van der Waals surface area contributed by atoms with E-state index in [0.717, 1.165) is 21.5 Å². The molecule has 1 heterocycles. The highest BCUT2D eigenvalue weighted by atomic mass is 32.2. The Kier molecular flexibility index (Phi) is 5.08. The van der Waals surface area contributed by atoms with Gasteiger partial charge in [0.2, 0.25) is 5.91 Å². The molecule has 1 aliphatic rings. The zero-order chi connectivity index (χ0) is 16.2. The fourth-order valence-corrected chi connectivity index (χ4v) is 4.61. The Bertz CT molecular complexity index is 731. The quantitative estimate of drug-likeness (QED) is 0.810. The summed E-state index contributed by atoms with van der Waals surface area (Å²) in [5, 5.41) is -0.170. The predicted octanol–water partition coefficient (Wildman–Crippen LogP) is 4.71. The molecule has 5 heteroatoms. The van der Waals surface area contributed by atoms with E-state index >= 15 is 0 Å². The number of fused-ring (bicyclic) bond motifs is 1. The molecule has 0 saturated heterocycles. The Morgan fingerprint density at radius 1 is 1.17 bits per heavy atom. The van der Waals surface area contributed by atoms with Gasteiger partial charge in [-0.15, -0.1) is 0 Å². The van der Waals surface area contributed by atoms with Crippen LogP contribution < -0.4 is 4.90 Å². The Morgan fingerprint density at radius 3 is 2.65 bits per heavy atom. The molecule has 23 heavy (non-hydrogen) atoms. The topological polar surface area (TPSA) is 32.7 Å². The molecule has 118 valence electrons. The minimum absolute atomic E-state index is 0.0864. The van der Waals surface area contributed by atoms with Crippen molar-refractivity contribution in [3.63, 3.8) is 0 Å². The number of carbonyl (C=O) groups excluding carboxylic acids is 1.